The van der Waals surface area contributed by atoms with Crippen LogP contribution in [0.25, 0.3) is 0 Å². The van der Waals surface area contributed by atoms with Crippen molar-refractivity contribution in [1.29, 1.82) is 0 Å². The Morgan fingerprint density at radius 3 is 2.63 bits per heavy atom. The molecule has 0 radical (unpaired) electrons. The van der Waals surface area contributed by atoms with E-state index in [1.54, 1.807) is 32.1 Å². The average molecular weight is 533 g/mol. The van der Waals surface area contributed by atoms with Crippen molar-refractivity contribution in [2.75, 3.05) is 19.8 Å². The zero-order chi connectivity index (χ0) is 27.3. The third-order valence-corrected chi connectivity index (χ3v) is 9.73. The van der Waals surface area contributed by atoms with Crippen LogP contribution in [0.2, 0.25) is 0 Å². The van der Waals surface area contributed by atoms with E-state index < -0.39 is 58.7 Å². The molecular formula is C29H40O9. The first-order chi connectivity index (χ1) is 18.0. The zero-order valence-electron chi connectivity index (χ0n) is 22.6. The smallest absolute Gasteiger partial charge is 0.335 e. The quantitative estimate of drug-likeness (QED) is 0.298. The first kappa shape index (κ1) is 27.5. The van der Waals surface area contributed by atoms with Gasteiger partial charge in [0.2, 0.25) is 0 Å². The molecule has 38 heavy (non-hydrogen) atoms. The fraction of sp³-hybridized carbons (Fsp3) is 0.724. The van der Waals surface area contributed by atoms with Crippen molar-refractivity contribution < 1.29 is 43.5 Å². The van der Waals surface area contributed by atoms with Gasteiger partial charge in [0.15, 0.2) is 6.10 Å². The Kier molecular flexibility index (Phi) is 7.37. The summed E-state index contributed by atoms with van der Waals surface area (Å²) in [6.07, 6.45) is 6.89. The van der Waals surface area contributed by atoms with Gasteiger partial charge < -0.3 is 33.9 Å². The predicted molar refractivity (Wildman–Crippen MR) is 136 cm³/mol. The maximum Gasteiger partial charge on any atom is 0.335 e. The summed E-state index contributed by atoms with van der Waals surface area (Å²) in [6, 6.07) is 0. The number of hydrogen-bond acceptors (Lipinski definition) is 9. The van der Waals surface area contributed by atoms with Gasteiger partial charge in [-0.15, -0.1) is 0 Å². The Hall–Kier alpha value is -2.04. The Morgan fingerprint density at radius 1 is 1.16 bits per heavy atom. The predicted octanol–water partition coefficient (Wildman–Crippen LogP) is 2.39. The first-order valence-electron chi connectivity index (χ1n) is 13.7. The van der Waals surface area contributed by atoms with Gasteiger partial charge in [0.25, 0.3) is 0 Å². The SMILES string of the molecule is CC1=C[C@H]2OC3C[C@H]4OC(=O)/C=C\C=C\C(C(C)O)OCC[C@@H](C)[C@H](O)C(=O)OC[C@@]2(CC1)C4(C)[C@@]31CO1. The largest absolute Gasteiger partial charge is 0.463 e. The third kappa shape index (κ3) is 4.36. The lowest BCUT2D eigenvalue weighted by atomic mass is 9.51. The van der Waals surface area contributed by atoms with Gasteiger partial charge in [0, 0.05) is 24.5 Å². The average Bonchev–Trinajstić information content (AvgIpc) is 3.65. The number of carbonyl (C=O) groups is 2. The second kappa shape index (κ2) is 10.2. The Labute approximate surface area is 223 Å². The highest BCUT2D eigenvalue weighted by Gasteiger charge is 2.83. The third-order valence-electron chi connectivity index (χ3n) is 9.73. The van der Waals surface area contributed by atoms with Crippen LogP contribution in [0.4, 0.5) is 0 Å². The van der Waals surface area contributed by atoms with Crippen LogP contribution in [-0.4, -0.2) is 84.2 Å². The summed E-state index contributed by atoms with van der Waals surface area (Å²) in [6.45, 7) is 8.27. The molecule has 3 fully saturated rings. The van der Waals surface area contributed by atoms with Gasteiger partial charge in [-0.1, -0.05) is 43.7 Å². The van der Waals surface area contributed by atoms with E-state index in [2.05, 4.69) is 19.9 Å². The zero-order valence-corrected chi connectivity index (χ0v) is 22.6. The molecule has 4 unspecified atom stereocenters. The summed E-state index contributed by atoms with van der Waals surface area (Å²) in [4.78, 5) is 26.0. The van der Waals surface area contributed by atoms with Crippen LogP contribution in [0.15, 0.2) is 36.0 Å². The molecule has 0 amide bonds. The van der Waals surface area contributed by atoms with E-state index in [1.165, 1.54) is 11.6 Å². The minimum atomic E-state index is -1.33. The van der Waals surface area contributed by atoms with Crippen molar-refractivity contribution in [3.8, 4) is 0 Å². The van der Waals surface area contributed by atoms with Crippen LogP contribution < -0.4 is 0 Å². The summed E-state index contributed by atoms with van der Waals surface area (Å²) >= 11 is 0. The van der Waals surface area contributed by atoms with E-state index >= 15 is 0 Å². The van der Waals surface area contributed by atoms with E-state index in [4.69, 9.17) is 23.7 Å². The van der Waals surface area contributed by atoms with Gasteiger partial charge in [-0.05, 0) is 39.0 Å². The lowest BCUT2D eigenvalue weighted by Gasteiger charge is -2.58. The number of ether oxygens (including phenoxy) is 5. The number of rotatable bonds is 1. The molecule has 210 valence electrons. The van der Waals surface area contributed by atoms with Crippen LogP contribution in [-0.2, 0) is 33.3 Å². The van der Waals surface area contributed by atoms with Gasteiger partial charge in [-0.3, -0.25) is 0 Å². The van der Waals surface area contributed by atoms with E-state index in [1.807, 2.05) is 0 Å². The maximum absolute atomic E-state index is 13.1. The van der Waals surface area contributed by atoms with Crippen molar-refractivity contribution in [3.63, 3.8) is 0 Å². The number of aliphatic hydroxyl groups is 2. The normalized spacial score (nSPS) is 48.0. The highest BCUT2D eigenvalue weighted by Crippen LogP contribution is 2.72. The van der Waals surface area contributed by atoms with Gasteiger partial charge in [0.1, 0.15) is 24.4 Å². The highest BCUT2D eigenvalue weighted by atomic mass is 16.6. The van der Waals surface area contributed by atoms with Crippen molar-refractivity contribution in [3.05, 3.63) is 36.0 Å². The van der Waals surface area contributed by atoms with E-state index in [0.29, 0.717) is 25.9 Å². The van der Waals surface area contributed by atoms with Gasteiger partial charge >= 0.3 is 11.9 Å². The molecule has 3 aliphatic heterocycles. The standard InChI is InChI=1S/C29H40O9/c1-17-9-11-28-15-35-26(33)25(32)18(2)10-12-34-20(19(3)30)7-5-6-8-24(31)38-21-14-23(37-22(28)13-17)29(16-36-29)27(21,28)4/h5-8,13,18-23,25,30,32H,9-12,14-16H2,1-4H3/b7-5+,8-6-/t18-,19?,20?,21-,22-,23?,25+,27?,28-,29-/m1/s1. The van der Waals surface area contributed by atoms with Crippen molar-refractivity contribution in [2.24, 2.45) is 16.7 Å². The molecule has 2 aliphatic carbocycles. The van der Waals surface area contributed by atoms with E-state index in [0.717, 1.165) is 6.42 Å². The van der Waals surface area contributed by atoms with Gasteiger partial charge in [-0.25, -0.2) is 9.59 Å². The molecule has 5 aliphatic rings. The molecule has 1 saturated carbocycles. The molecule has 9 heteroatoms. The fourth-order valence-electron chi connectivity index (χ4n) is 7.04. The monoisotopic (exact) mass is 532 g/mol. The molecule has 3 heterocycles. The highest BCUT2D eigenvalue weighted by molar-refractivity contribution is 5.82. The number of esters is 2. The number of allylic oxidation sites excluding steroid dienone is 3. The number of carbonyl (C=O) groups excluding carboxylic acids is 2. The Balaban J connectivity index is 1.51. The molecule has 9 nitrogen and oxygen atoms in total. The second-order valence-corrected chi connectivity index (χ2v) is 11.9. The lowest BCUT2D eigenvalue weighted by Crippen LogP contribution is -2.66. The topological polar surface area (TPSA) is 124 Å². The summed E-state index contributed by atoms with van der Waals surface area (Å²) in [7, 11) is 0. The second-order valence-electron chi connectivity index (χ2n) is 11.9. The number of cyclic esters (lactones) is 1. The van der Waals surface area contributed by atoms with Crippen LogP contribution in [0.1, 0.15) is 53.4 Å². The molecular weight excluding hydrogens is 492 g/mol. The van der Waals surface area contributed by atoms with Crippen LogP contribution in [0.5, 0.6) is 0 Å². The maximum atomic E-state index is 13.1. The Bertz CT molecular complexity index is 1030. The summed E-state index contributed by atoms with van der Waals surface area (Å²) in [5.41, 5.74) is -0.771. The molecule has 2 saturated heterocycles. The molecule has 0 aromatic heterocycles. The van der Waals surface area contributed by atoms with Crippen molar-refractivity contribution in [2.45, 2.75) is 95.6 Å². The van der Waals surface area contributed by atoms with E-state index in [9.17, 15) is 19.8 Å². The molecule has 0 aromatic rings. The number of aliphatic hydroxyl groups excluding tert-OH is 2. The van der Waals surface area contributed by atoms with Gasteiger partial charge in [0.05, 0.1) is 30.3 Å². The van der Waals surface area contributed by atoms with Gasteiger partial charge in [-0.2, -0.15) is 0 Å². The lowest BCUT2D eigenvalue weighted by molar-refractivity contribution is -0.234. The molecule has 2 N–H and O–H groups in total. The summed E-state index contributed by atoms with van der Waals surface area (Å²) in [5.74, 6) is -1.60. The summed E-state index contributed by atoms with van der Waals surface area (Å²) in [5, 5.41) is 20.8. The number of hydrogen-bond donors (Lipinski definition) is 2. The van der Waals surface area contributed by atoms with E-state index in [-0.39, 0.29) is 25.4 Å². The fourth-order valence-corrected chi connectivity index (χ4v) is 7.04. The minimum absolute atomic E-state index is 0.0195. The summed E-state index contributed by atoms with van der Waals surface area (Å²) < 4.78 is 30.4. The Morgan fingerprint density at radius 2 is 1.92 bits per heavy atom. The van der Waals surface area contributed by atoms with Crippen molar-refractivity contribution >= 4 is 11.9 Å². The van der Waals surface area contributed by atoms with Crippen LogP contribution in [0, 0.1) is 16.7 Å². The molecule has 2 spiro atoms. The molecule has 10 atom stereocenters. The molecule has 2 bridgehead atoms. The number of epoxide rings is 1. The van der Waals surface area contributed by atoms with Crippen LogP contribution >= 0.6 is 0 Å². The molecule has 5 rings (SSSR count). The van der Waals surface area contributed by atoms with Crippen molar-refractivity contribution in [1.82, 2.24) is 0 Å². The minimum Gasteiger partial charge on any atom is -0.463 e. The van der Waals surface area contributed by atoms with Crippen LogP contribution in [0.3, 0.4) is 0 Å². The molecule has 0 aromatic carbocycles. The first-order valence-corrected chi connectivity index (χ1v) is 13.7.